The van der Waals surface area contributed by atoms with Gasteiger partial charge in [0.05, 0.1) is 18.8 Å². The summed E-state index contributed by atoms with van der Waals surface area (Å²) in [5, 5.41) is 2.89. The highest BCUT2D eigenvalue weighted by Gasteiger charge is 2.23. The van der Waals surface area contributed by atoms with Crippen LogP contribution in [0.2, 0.25) is 0 Å². The van der Waals surface area contributed by atoms with Crippen molar-refractivity contribution in [3.05, 3.63) is 8.83 Å². The Kier molecular flexibility index (Phi) is 5.12. The van der Waals surface area contributed by atoms with E-state index in [-0.39, 0.29) is 18.1 Å². The highest BCUT2D eigenvalue weighted by atomic mass is 32.1. The summed E-state index contributed by atoms with van der Waals surface area (Å²) in [6.45, 7) is 2.71. The third kappa shape index (κ3) is 3.51. The Morgan fingerprint density at radius 3 is 2.64 bits per heavy atom. The maximum Gasteiger partial charge on any atom is 0.265 e. The molecule has 1 aromatic rings. The van der Waals surface area contributed by atoms with Gasteiger partial charge in [-0.1, -0.05) is 11.3 Å². The molecule has 2 fully saturated rings. The summed E-state index contributed by atoms with van der Waals surface area (Å²) in [5.74, 6) is 0.269. The molecule has 2 atom stereocenters. The Morgan fingerprint density at radius 1 is 1.32 bits per heavy atom. The lowest BCUT2D eigenvalue weighted by atomic mass is 10.2. The number of carbonyl (C=O) groups is 1. The number of rotatable bonds is 5. The van der Waals surface area contributed by atoms with Gasteiger partial charge in [-0.2, -0.15) is 0 Å². The van der Waals surface area contributed by atoms with Crippen molar-refractivity contribution in [2.24, 2.45) is 0 Å². The summed E-state index contributed by atoms with van der Waals surface area (Å²) in [6, 6.07) is 0. The Balaban J connectivity index is 1.65. The van der Waals surface area contributed by atoms with Crippen LogP contribution in [0.4, 0.5) is 5.82 Å². The van der Waals surface area contributed by atoms with Crippen LogP contribution < -0.4 is 11.1 Å². The van der Waals surface area contributed by atoms with Crippen molar-refractivity contribution in [3.63, 3.8) is 0 Å². The molecule has 3 N–H and O–H groups in total. The first-order valence-electron chi connectivity index (χ1n) is 7.65. The molecule has 2 saturated heterocycles. The van der Waals surface area contributed by atoms with Crippen LogP contribution in [0.3, 0.4) is 0 Å². The fraction of sp³-hybridized carbons (Fsp3) is 0.714. The number of nitrogens with one attached hydrogen (secondary N) is 1. The molecule has 0 unspecified atom stereocenters. The van der Waals surface area contributed by atoms with E-state index in [2.05, 4.69) is 5.32 Å². The highest BCUT2D eigenvalue weighted by molar-refractivity contribution is 7.73. The minimum atomic E-state index is -0.171. The Labute approximate surface area is 138 Å². The largest absolute Gasteiger partial charge is 0.384 e. The van der Waals surface area contributed by atoms with Crippen molar-refractivity contribution < 1.29 is 14.3 Å². The summed E-state index contributed by atoms with van der Waals surface area (Å²) in [7, 11) is 0. The van der Waals surface area contributed by atoms with Crippen molar-refractivity contribution in [1.82, 2.24) is 9.88 Å². The number of nitrogens with two attached hydrogens (primary N) is 1. The van der Waals surface area contributed by atoms with E-state index in [1.54, 1.807) is 0 Å². The number of ether oxygens (including phenoxy) is 2. The average molecular weight is 343 g/mol. The molecule has 0 spiro atoms. The Morgan fingerprint density at radius 2 is 2.00 bits per heavy atom. The van der Waals surface area contributed by atoms with E-state index in [4.69, 9.17) is 27.4 Å². The summed E-state index contributed by atoms with van der Waals surface area (Å²) >= 11 is 6.61. The van der Waals surface area contributed by atoms with E-state index in [0.29, 0.717) is 27.7 Å². The van der Waals surface area contributed by atoms with Gasteiger partial charge in [0.2, 0.25) is 0 Å². The van der Waals surface area contributed by atoms with Crippen LogP contribution in [-0.2, 0) is 16.0 Å². The molecule has 0 aliphatic carbocycles. The van der Waals surface area contributed by atoms with Crippen LogP contribution in [-0.4, -0.2) is 42.4 Å². The molecule has 0 radical (unpaired) electrons. The lowest BCUT2D eigenvalue weighted by Gasteiger charge is -2.12. The predicted molar refractivity (Wildman–Crippen MR) is 87.8 cm³/mol. The summed E-state index contributed by atoms with van der Waals surface area (Å²) in [6.07, 6.45) is 4.39. The molecular weight excluding hydrogens is 322 g/mol. The fourth-order valence-electron chi connectivity index (χ4n) is 2.84. The number of aromatic nitrogens is 1. The lowest BCUT2D eigenvalue weighted by molar-refractivity contribution is 0.0860. The number of nitrogen functional groups attached to an aromatic ring is 1. The maximum absolute atomic E-state index is 12.3. The molecular formula is C14H21N3O3S2. The SMILES string of the molecule is Nc1c(C(=O)NC[C@@H]2CCCO2)sc(=S)n1C[C@H]1CCCO1. The third-order valence-corrected chi connectivity index (χ3v) is 5.53. The van der Waals surface area contributed by atoms with Gasteiger partial charge < -0.3 is 25.1 Å². The second-order valence-electron chi connectivity index (χ2n) is 5.67. The first-order valence-corrected chi connectivity index (χ1v) is 8.88. The van der Waals surface area contributed by atoms with E-state index >= 15 is 0 Å². The van der Waals surface area contributed by atoms with Crippen LogP contribution >= 0.6 is 23.6 Å². The molecule has 6 nitrogen and oxygen atoms in total. The van der Waals surface area contributed by atoms with Gasteiger partial charge >= 0.3 is 0 Å². The van der Waals surface area contributed by atoms with Crippen LogP contribution in [0.25, 0.3) is 0 Å². The summed E-state index contributed by atoms with van der Waals surface area (Å²) in [5.41, 5.74) is 6.13. The number of thiazole rings is 1. The normalized spacial score (nSPS) is 24.7. The smallest absolute Gasteiger partial charge is 0.265 e. The predicted octanol–water partition coefficient (Wildman–Crippen LogP) is 1.95. The van der Waals surface area contributed by atoms with Gasteiger partial charge in [0.1, 0.15) is 10.7 Å². The van der Waals surface area contributed by atoms with E-state index < -0.39 is 0 Å². The zero-order valence-electron chi connectivity index (χ0n) is 12.4. The molecule has 22 heavy (non-hydrogen) atoms. The molecule has 0 bridgehead atoms. The second-order valence-corrected chi connectivity index (χ2v) is 7.32. The second kappa shape index (κ2) is 7.08. The maximum atomic E-state index is 12.3. The number of anilines is 1. The standard InChI is InChI=1S/C14H21N3O3S2/c15-12-11(13(18)16-7-9-3-1-5-19-9)22-14(21)17(12)8-10-4-2-6-20-10/h9-10H,1-8,15H2,(H,16,18)/t9-,10+/m0/s1. The molecule has 2 aliphatic heterocycles. The monoisotopic (exact) mass is 343 g/mol. The highest BCUT2D eigenvalue weighted by Crippen LogP contribution is 2.25. The van der Waals surface area contributed by atoms with Gasteiger partial charge in [-0.25, -0.2) is 0 Å². The van der Waals surface area contributed by atoms with Crippen molar-refractivity contribution in [3.8, 4) is 0 Å². The molecule has 0 aromatic carbocycles. The van der Waals surface area contributed by atoms with Crippen molar-refractivity contribution >= 4 is 35.3 Å². The third-order valence-electron chi connectivity index (χ3n) is 4.06. The molecule has 3 rings (SSSR count). The van der Waals surface area contributed by atoms with Crippen molar-refractivity contribution in [2.45, 2.75) is 44.4 Å². The summed E-state index contributed by atoms with van der Waals surface area (Å²) in [4.78, 5) is 12.8. The lowest BCUT2D eigenvalue weighted by Crippen LogP contribution is -2.31. The quantitative estimate of drug-likeness (QED) is 0.799. The zero-order chi connectivity index (χ0) is 15.5. The number of hydrogen-bond acceptors (Lipinski definition) is 6. The number of hydrogen-bond donors (Lipinski definition) is 2. The van der Waals surface area contributed by atoms with E-state index in [0.717, 1.165) is 38.9 Å². The molecule has 0 saturated carbocycles. The van der Waals surface area contributed by atoms with Crippen molar-refractivity contribution in [1.29, 1.82) is 0 Å². The fourth-order valence-corrected chi connectivity index (χ4v) is 4.10. The molecule has 122 valence electrons. The topological polar surface area (TPSA) is 78.5 Å². The molecule has 2 aliphatic rings. The Bertz CT molecular complexity index is 587. The zero-order valence-corrected chi connectivity index (χ0v) is 14.0. The molecule has 3 heterocycles. The van der Waals surface area contributed by atoms with Gasteiger partial charge in [0.15, 0.2) is 3.95 Å². The molecule has 8 heteroatoms. The van der Waals surface area contributed by atoms with E-state index in [9.17, 15) is 4.79 Å². The minimum absolute atomic E-state index is 0.118. The van der Waals surface area contributed by atoms with Crippen LogP contribution in [0.5, 0.6) is 0 Å². The number of carbonyl (C=O) groups excluding carboxylic acids is 1. The number of nitrogens with zero attached hydrogens (tertiary/aromatic N) is 1. The van der Waals surface area contributed by atoms with Gasteiger partial charge in [-0.05, 0) is 37.9 Å². The molecule has 1 amide bonds. The first kappa shape index (κ1) is 15.9. The molecule has 1 aromatic heterocycles. The Hall–Kier alpha value is -0.960. The minimum Gasteiger partial charge on any atom is -0.384 e. The van der Waals surface area contributed by atoms with Gasteiger partial charge in [0, 0.05) is 19.8 Å². The van der Waals surface area contributed by atoms with Crippen LogP contribution in [0.15, 0.2) is 0 Å². The van der Waals surface area contributed by atoms with E-state index in [1.165, 1.54) is 11.3 Å². The number of amides is 1. The summed E-state index contributed by atoms with van der Waals surface area (Å²) < 4.78 is 13.6. The van der Waals surface area contributed by atoms with Crippen LogP contribution in [0.1, 0.15) is 35.4 Å². The van der Waals surface area contributed by atoms with Gasteiger partial charge in [0.25, 0.3) is 5.91 Å². The average Bonchev–Trinajstić information content (AvgIpc) is 3.23. The van der Waals surface area contributed by atoms with Gasteiger partial charge in [-0.3, -0.25) is 4.79 Å². The van der Waals surface area contributed by atoms with Crippen molar-refractivity contribution in [2.75, 3.05) is 25.5 Å². The van der Waals surface area contributed by atoms with Gasteiger partial charge in [-0.15, -0.1) is 0 Å². The first-order chi connectivity index (χ1) is 10.6. The van der Waals surface area contributed by atoms with E-state index in [1.807, 2.05) is 4.57 Å². The van der Waals surface area contributed by atoms with Crippen LogP contribution in [0, 0.1) is 3.95 Å².